The van der Waals surface area contributed by atoms with Gasteiger partial charge < -0.3 is 15.3 Å². The molecule has 38 heavy (non-hydrogen) atoms. The second-order valence-corrected chi connectivity index (χ2v) is 12.2. The number of halogens is 2. The van der Waals surface area contributed by atoms with E-state index >= 15 is 4.39 Å². The van der Waals surface area contributed by atoms with E-state index in [0.717, 1.165) is 32.1 Å². The molecule has 4 atom stereocenters. The number of fused-ring (bicyclic) bond motifs is 2. The number of nitrogens with zero attached hydrogens (tertiary/aromatic N) is 5. The van der Waals surface area contributed by atoms with Crippen LogP contribution in [0.1, 0.15) is 52.4 Å². The molecular weight excluding hydrogens is 506 g/mol. The van der Waals surface area contributed by atoms with Gasteiger partial charge in [-0.1, -0.05) is 6.07 Å². The van der Waals surface area contributed by atoms with Gasteiger partial charge in [0.05, 0.1) is 17.8 Å². The number of hydrogen-bond donors (Lipinski definition) is 2. The minimum absolute atomic E-state index is 0.0405. The first-order valence-electron chi connectivity index (χ1n) is 13.1. The largest absolute Gasteiger partial charge is 0.507 e. The third-order valence-electron chi connectivity index (χ3n) is 8.30. The normalized spacial score (nSPS) is 28.8. The Morgan fingerprint density at radius 3 is 2.55 bits per heavy atom. The quantitative estimate of drug-likeness (QED) is 0.396. The van der Waals surface area contributed by atoms with Gasteiger partial charge in [-0.05, 0) is 82.4 Å². The summed E-state index contributed by atoms with van der Waals surface area (Å²) in [6.45, 7) is 4.21. The van der Waals surface area contributed by atoms with E-state index in [9.17, 15) is 9.50 Å². The molecule has 0 spiro atoms. The summed E-state index contributed by atoms with van der Waals surface area (Å²) in [5, 5.41) is 23.5. The van der Waals surface area contributed by atoms with Gasteiger partial charge in [-0.3, -0.25) is 0 Å². The van der Waals surface area contributed by atoms with Crippen molar-refractivity contribution >= 4 is 17.6 Å². The molecule has 3 fully saturated rings. The van der Waals surface area contributed by atoms with Gasteiger partial charge in [-0.25, -0.2) is 18.7 Å². The number of hydrogen-bond acceptors (Lipinski definition) is 8. The van der Waals surface area contributed by atoms with Crippen molar-refractivity contribution in [1.82, 2.24) is 25.5 Å². The number of aromatic hydroxyl groups is 1. The van der Waals surface area contributed by atoms with E-state index in [-0.39, 0.29) is 29.2 Å². The van der Waals surface area contributed by atoms with Crippen LogP contribution >= 0.6 is 11.8 Å². The topological polar surface area (TPSA) is 87.1 Å². The highest BCUT2D eigenvalue weighted by Crippen LogP contribution is 2.46. The second kappa shape index (κ2) is 9.41. The lowest BCUT2D eigenvalue weighted by Gasteiger charge is -2.57. The zero-order valence-electron chi connectivity index (χ0n) is 21.8. The Morgan fingerprint density at radius 1 is 1.08 bits per heavy atom. The predicted molar refractivity (Wildman–Crippen MR) is 144 cm³/mol. The first kappa shape index (κ1) is 25.4. The van der Waals surface area contributed by atoms with Crippen LogP contribution in [-0.2, 0) is 0 Å². The van der Waals surface area contributed by atoms with Crippen molar-refractivity contribution in [2.45, 2.75) is 86.7 Å². The van der Waals surface area contributed by atoms with Crippen molar-refractivity contribution in [3.8, 4) is 28.3 Å². The van der Waals surface area contributed by atoms with Gasteiger partial charge in [-0.15, -0.1) is 22.0 Å². The van der Waals surface area contributed by atoms with Gasteiger partial charge in [-0.2, -0.15) is 0 Å². The van der Waals surface area contributed by atoms with Crippen molar-refractivity contribution in [2.24, 2.45) is 0 Å². The highest BCUT2D eigenvalue weighted by molar-refractivity contribution is 7.98. The molecule has 200 valence electrons. The van der Waals surface area contributed by atoms with E-state index in [1.165, 1.54) is 17.8 Å². The number of phenolic OH excluding ortho intramolecular Hbond substituents is 1. The lowest BCUT2D eigenvalue weighted by molar-refractivity contribution is 0.000258. The molecule has 1 aromatic carbocycles. The standard InChI is InChI=1S/C28H32F2N6OS/c1-27-9-4-10-28(2,35-27)24(30)21(13-27)36(18-6-7-18)23-15-31-25(34-33-23)19-8-5-16(12-22(19)37)17-11-20(29)26(38-3)32-14-17/h5,8,11-12,14-15,18,21,24,35,37H,4,6-7,9-10,13H2,1-3H3/t21-,24-,27-,28+/m0/s1. The summed E-state index contributed by atoms with van der Waals surface area (Å²) in [6, 6.07) is 6.35. The average molecular weight is 539 g/mol. The Bertz CT molecular complexity index is 1360. The van der Waals surface area contributed by atoms with E-state index in [1.807, 2.05) is 6.92 Å². The molecule has 10 heteroatoms. The van der Waals surface area contributed by atoms with Gasteiger partial charge in [0.2, 0.25) is 0 Å². The number of thioether (sulfide) groups is 1. The highest BCUT2D eigenvalue weighted by atomic mass is 32.2. The van der Waals surface area contributed by atoms with E-state index in [2.05, 4.69) is 37.3 Å². The number of piperidine rings is 2. The zero-order chi connectivity index (χ0) is 26.7. The number of anilines is 1. The van der Waals surface area contributed by atoms with Crippen molar-refractivity contribution in [1.29, 1.82) is 0 Å². The predicted octanol–water partition coefficient (Wildman–Crippen LogP) is 5.54. The van der Waals surface area contributed by atoms with Crippen LogP contribution < -0.4 is 10.2 Å². The van der Waals surface area contributed by atoms with Crippen LogP contribution in [0.5, 0.6) is 5.75 Å². The van der Waals surface area contributed by atoms with Crippen molar-refractivity contribution in [3.05, 3.63) is 42.5 Å². The van der Waals surface area contributed by atoms with Gasteiger partial charge in [0.1, 0.15) is 16.9 Å². The number of nitrogens with one attached hydrogen (secondary N) is 1. The minimum atomic E-state index is -1.03. The Kier molecular flexibility index (Phi) is 6.30. The van der Waals surface area contributed by atoms with Gasteiger partial charge >= 0.3 is 0 Å². The van der Waals surface area contributed by atoms with E-state index in [4.69, 9.17) is 0 Å². The molecular formula is C28H32F2N6OS. The molecule has 7 nitrogen and oxygen atoms in total. The van der Waals surface area contributed by atoms with Crippen LogP contribution in [0.2, 0.25) is 0 Å². The maximum Gasteiger partial charge on any atom is 0.185 e. The number of pyridine rings is 1. The summed E-state index contributed by atoms with van der Waals surface area (Å²) in [4.78, 5) is 10.8. The molecule has 0 unspecified atom stereocenters. The zero-order valence-corrected chi connectivity index (χ0v) is 22.6. The Labute approximate surface area is 225 Å². The first-order valence-corrected chi connectivity index (χ1v) is 14.4. The molecule has 6 rings (SSSR count). The number of aromatic nitrogens is 4. The SMILES string of the molecule is CSc1ncc(-c2ccc(-c3ncc(N(C4CC4)[C@H]4C[C@]5(C)CCC[C@@](C)(N5)[C@H]4F)nn3)c(O)c2)cc1F. The van der Waals surface area contributed by atoms with E-state index < -0.39 is 17.5 Å². The molecule has 2 aromatic heterocycles. The monoisotopic (exact) mass is 538 g/mol. The smallest absolute Gasteiger partial charge is 0.185 e. The molecule has 2 aliphatic heterocycles. The van der Waals surface area contributed by atoms with E-state index in [1.54, 1.807) is 36.8 Å². The maximum absolute atomic E-state index is 16.0. The molecule has 4 heterocycles. The average Bonchev–Trinajstić information content (AvgIpc) is 3.73. The third-order valence-corrected chi connectivity index (χ3v) is 8.99. The molecule has 1 saturated carbocycles. The third kappa shape index (κ3) is 4.51. The molecule has 3 aromatic rings. The lowest BCUT2D eigenvalue weighted by Crippen LogP contribution is -2.73. The second-order valence-electron chi connectivity index (χ2n) is 11.4. The fourth-order valence-electron chi connectivity index (χ4n) is 6.37. The number of benzene rings is 1. The number of phenols is 1. The summed E-state index contributed by atoms with van der Waals surface area (Å²) in [6.07, 6.45) is 9.56. The van der Waals surface area contributed by atoms with Gasteiger partial charge in [0, 0.05) is 28.9 Å². The maximum atomic E-state index is 16.0. The summed E-state index contributed by atoms with van der Waals surface area (Å²) >= 11 is 1.24. The van der Waals surface area contributed by atoms with E-state index in [0.29, 0.717) is 34.0 Å². The molecule has 3 aliphatic rings. The Morgan fingerprint density at radius 2 is 1.89 bits per heavy atom. The summed E-state index contributed by atoms with van der Waals surface area (Å²) in [5.74, 6) is 0.398. The molecule has 2 N–H and O–H groups in total. The van der Waals surface area contributed by atoms with Crippen molar-refractivity contribution < 1.29 is 13.9 Å². The fourth-order valence-corrected chi connectivity index (χ4v) is 6.79. The first-order chi connectivity index (χ1) is 18.2. The van der Waals surface area contributed by atoms with Crippen LogP contribution in [0, 0.1) is 5.82 Å². The Hall–Kier alpha value is -2.85. The summed E-state index contributed by atoms with van der Waals surface area (Å²) in [7, 11) is 0. The Balaban J connectivity index is 1.27. The molecule has 1 aliphatic carbocycles. The van der Waals surface area contributed by atoms with Crippen LogP contribution in [0.25, 0.3) is 22.5 Å². The van der Waals surface area contributed by atoms with Crippen molar-refractivity contribution in [3.63, 3.8) is 0 Å². The van der Waals surface area contributed by atoms with Crippen LogP contribution in [0.3, 0.4) is 0 Å². The number of rotatable bonds is 6. The van der Waals surface area contributed by atoms with Crippen LogP contribution in [0.15, 0.2) is 41.7 Å². The van der Waals surface area contributed by atoms with Crippen LogP contribution in [0.4, 0.5) is 14.6 Å². The lowest BCUT2D eigenvalue weighted by atomic mass is 9.68. The van der Waals surface area contributed by atoms with Gasteiger partial charge in [0.15, 0.2) is 17.5 Å². The summed E-state index contributed by atoms with van der Waals surface area (Å²) in [5.41, 5.74) is 0.954. The highest BCUT2D eigenvalue weighted by Gasteiger charge is 2.55. The molecule has 0 amide bonds. The molecule has 0 radical (unpaired) electrons. The molecule has 2 bridgehead atoms. The van der Waals surface area contributed by atoms with Gasteiger partial charge in [0.25, 0.3) is 0 Å². The number of alkyl halides is 1. The molecule has 2 saturated heterocycles. The van der Waals surface area contributed by atoms with Crippen molar-refractivity contribution in [2.75, 3.05) is 11.2 Å². The summed E-state index contributed by atoms with van der Waals surface area (Å²) < 4.78 is 30.2. The van der Waals surface area contributed by atoms with Crippen LogP contribution in [-0.4, -0.2) is 60.9 Å². The minimum Gasteiger partial charge on any atom is -0.507 e. The fraction of sp³-hybridized carbons (Fsp3) is 0.500.